The summed E-state index contributed by atoms with van der Waals surface area (Å²) in [5, 5.41) is 2.72. The third kappa shape index (κ3) is 4.86. The van der Waals surface area contributed by atoms with Crippen molar-refractivity contribution in [3.8, 4) is 17.3 Å². The highest BCUT2D eigenvalue weighted by molar-refractivity contribution is 5.77. The fourth-order valence-electron chi connectivity index (χ4n) is 2.32. The molecule has 132 valence electrons. The van der Waals surface area contributed by atoms with Gasteiger partial charge in [0, 0.05) is 23.9 Å². The highest BCUT2D eigenvalue weighted by Gasteiger charge is 2.08. The van der Waals surface area contributed by atoms with Crippen molar-refractivity contribution in [3.05, 3.63) is 77.7 Å². The van der Waals surface area contributed by atoms with E-state index in [1.54, 1.807) is 18.2 Å². The third-order valence-corrected chi connectivity index (χ3v) is 3.62. The smallest absolute Gasteiger partial charge is 0.258 e. The van der Waals surface area contributed by atoms with E-state index in [9.17, 15) is 9.18 Å². The van der Waals surface area contributed by atoms with Gasteiger partial charge in [0.05, 0.1) is 0 Å². The van der Waals surface area contributed by atoms with Crippen LogP contribution in [0.25, 0.3) is 11.4 Å². The van der Waals surface area contributed by atoms with Crippen molar-refractivity contribution in [1.29, 1.82) is 0 Å². The van der Waals surface area contributed by atoms with Gasteiger partial charge in [0.15, 0.2) is 12.4 Å². The molecule has 1 amide bonds. The topological polar surface area (TPSA) is 64.1 Å². The van der Waals surface area contributed by atoms with Crippen molar-refractivity contribution < 1.29 is 13.9 Å². The van der Waals surface area contributed by atoms with Crippen molar-refractivity contribution in [1.82, 2.24) is 15.3 Å². The van der Waals surface area contributed by atoms with Gasteiger partial charge in [-0.3, -0.25) is 4.79 Å². The van der Waals surface area contributed by atoms with Crippen LogP contribution in [-0.2, 0) is 11.3 Å². The van der Waals surface area contributed by atoms with Crippen LogP contribution < -0.4 is 10.1 Å². The summed E-state index contributed by atoms with van der Waals surface area (Å²) >= 11 is 0. The lowest BCUT2D eigenvalue weighted by Gasteiger charge is -2.09. The number of nitrogens with zero attached hydrogens (tertiary/aromatic N) is 2. The molecule has 0 aliphatic rings. The van der Waals surface area contributed by atoms with E-state index in [2.05, 4.69) is 15.3 Å². The first-order valence-electron chi connectivity index (χ1n) is 8.15. The number of hydrogen-bond donors (Lipinski definition) is 1. The summed E-state index contributed by atoms with van der Waals surface area (Å²) in [6, 6.07) is 17.2. The maximum absolute atomic E-state index is 12.9. The average molecular weight is 351 g/mol. The lowest BCUT2D eigenvalue weighted by Crippen LogP contribution is -2.28. The molecule has 0 bridgehead atoms. The van der Waals surface area contributed by atoms with Gasteiger partial charge in [0.2, 0.25) is 5.88 Å². The molecular formula is C20H18FN3O2. The molecule has 26 heavy (non-hydrogen) atoms. The van der Waals surface area contributed by atoms with Crippen molar-refractivity contribution in [2.24, 2.45) is 0 Å². The monoisotopic (exact) mass is 351 g/mol. The third-order valence-electron chi connectivity index (χ3n) is 3.62. The van der Waals surface area contributed by atoms with Gasteiger partial charge in [-0.1, -0.05) is 42.5 Å². The van der Waals surface area contributed by atoms with Gasteiger partial charge >= 0.3 is 0 Å². The second-order valence-electron chi connectivity index (χ2n) is 5.73. The Labute approximate surface area is 150 Å². The van der Waals surface area contributed by atoms with E-state index in [0.29, 0.717) is 18.2 Å². The average Bonchev–Trinajstić information content (AvgIpc) is 2.66. The van der Waals surface area contributed by atoms with Crippen molar-refractivity contribution >= 4 is 5.91 Å². The van der Waals surface area contributed by atoms with Crippen LogP contribution in [0.2, 0.25) is 0 Å². The fourth-order valence-corrected chi connectivity index (χ4v) is 2.32. The molecule has 2 aromatic carbocycles. The predicted octanol–water partition coefficient (Wildman–Crippen LogP) is 3.29. The number of nitrogens with one attached hydrogen (secondary N) is 1. The second-order valence-corrected chi connectivity index (χ2v) is 5.73. The maximum atomic E-state index is 12.9. The van der Waals surface area contributed by atoms with E-state index >= 15 is 0 Å². The molecule has 0 spiro atoms. The number of carbonyl (C=O) groups excluding carboxylic acids is 1. The molecule has 1 heterocycles. The van der Waals surface area contributed by atoms with E-state index in [4.69, 9.17) is 4.74 Å². The molecule has 0 atom stereocenters. The first kappa shape index (κ1) is 17.5. The number of carbonyl (C=O) groups is 1. The van der Waals surface area contributed by atoms with Crippen LogP contribution in [0.1, 0.15) is 11.3 Å². The van der Waals surface area contributed by atoms with Crippen LogP contribution in [0.15, 0.2) is 60.7 Å². The fraction of sp³-hybridized carbons (Fsp3) is 0.150. The highest BCUT2D eigenvalue weighted by Crippen LogP contribution is 2.18. The molecular weight excluding hydrogens is 333 g/mol. The van der Waals surface area contributed by atoms with E-state index < -0.39 is 0 Å². The molecule has 0 radical (unpaired) electrons. The Hall–Kier alpha value is -3.28. The summed E-state index contributed by atoms with van der Waals surface area (Å²) in [5.74, 6) is 0.296. The van der Waals surface area contributed by atoms with Gasteiger partial charge in [0.1, 0.15) is 5.82 Å². The van der Waals surface area contributed by atoms with Crippen molar-refractivity contribution in [2.45, 2.75) is 13.5 Å². The largest absolute Gasteiger partial charge is 0.467 e. The van der Waals surface area contributed by atoms with E-state index in [1.807, 2.05) is 37.3 Å². The summed E-state index contributed by atoms with van der Waals surface area (Å²) in [6.45, 7) is 1.99. The van der Waals surface area contributed by atoms with Crippen LogP contribution in [0, 0.1) is 12.7 Å². The molecule has 1 aromatic heterocycles. The summed E-state index contributed by atoms with van der Waals surface area (Å²) < 4.78 is 18.4. The number of aryl methyl sites for hydroxylation is 1. The van der Waals surface area contributed by atoms with Gasteiger partial charge in [0.25, 0.3) is 5.91 Å². The number of rotatable bonds is 6. The standard InChI is InChI=1S/C20H18FN3O2/c1-14-11-19(24-20(23-14)16-5-3-2-4-6-16)26-13-18(25)22-12-15-7-9-17(21)10-8-15/h2-11H,12-13H2,1H3,(H,22,25). The maximum Gasteiger partial charge on any atom is 0.258 e. The minimum absolute atomic E-state index is 0.161. The Bertz CT molecular complexity index is 883. The summed E-state index contributed by atoms with van der Waals surface area (Å²) in [5.41, 5.74) is 2.44. The van der Waals surface area contributed by atoms with Gasteiger partial charge in [-0.15, -0.1) is 0 Å². The normalized spacial score (nSPS) is 10.4. The van der Waals surface area contributed by atoms with Crippen molar-refractivity contribution in [3.63, 3.8) is 0 Å². The molecule has 0 fully saturated rings. The van der Waals surface area contributed by atoms with Crippen LogP contribution in [-0.4, -0.2) is 22.5 Å². The predicted molar refractivity (Wildman–Crippen MR) is 95.9 cm³/mol. The molecule has 3 rings (SSSR count). The van der Waals surface area contributed by atoms with Gasteiger partial charge in [-0.25, -0.2) is 9.37 Å². The molecule has 0 unspecified atom stereocenters. The van der Waals surface area contributed by atoms with Crippen LogP contribution in [0.4, 0.5) is 4.39 Å². The summed E-state index contributed by atoms with van der Waals surface area (Å²) in [6.07, 6.45) is 0. The molecule has 3 aromatic rings. The van der Waals surface area contributed by atoms with Gasteiger partial charge in [-0.05, 0) is 24.6 Å². The van der Waals surface area contributed by atoms with E-state index in [0.717, 1.165) is 16.8 Å². The SMILES string of the molecule is Cc1cc(OCC(=O)NCc2ccc(F)cc2)nc(-c2ccccc2)n1. The zero-order valence-corrected chi connectivity index (χ0v) is 14.3. The number of aromatic nitrogens is 2. The molecule has 0 aliphatic carbocycles. The molecule has 6 heteroatoms. The number of benzene rings is 2. The zero-order chi connectivity index (χ0) is 18.4. The number of amides is 1. The molecule has 0 saturated heterocycles. The first-order chi connectivity index (χ1) is 12.6. The van der Waals surface area contributed by atoms with Crippen LogP contribution in [0.3, 0.4) is 0 Å². The molecule has 1 N–H and O–H groups in total. The minimum atomic E-state index is -0.309. The van der Waals surface area contributed by atoms with Gasteiger partial charge < -0.3 is 10.1 Å². The second kappa shape index (κ2) is 8.20. The molecule has 0 aliphatic heterocycles. The number of halogens is 1. The lowest BCUT2D eigenvalue weighted by molar-refractivity contribution is -0.123. The summed E-state index contributed by atoms with van der Waals surface area (Å²) in [7, 11) is 0. The van der Waals surface area contributed by atoms with E-state index in [-0.39, 0.29) is 18.3 Å². The first-order valence-corrected chi connectivity index (χ1v) is 8.15. The highest BCUT2D eigenvalue weighted by atomic mass is 19.1. The number of ether oxygens (including phenoxy) is 1. The Balaban J connectivity index is 1.58. The van der Waals surface area contributed by atoms with Crippen molar-refractivity contribution in [2.75, 3.05) is 6.61 Å². The Kier molecular flexibility index (Phi) is 5.53. The number of hydrogen-bond acceptors (Lipinski definition) is 4. The lowest BCUT2D eigenvalue weighted by atomic mass is 10.2. The Morgan fingerprint density at radius 3 is 2.54 bits per heavy atom. The molecule has 0 saturated carbocycles. The zero-order valence-electron chi connectivity index (χ0n) is 14.3. The van der Waals surface area contributed by atoms with Crippen LogP contribution in [0.5, 0.6) is 5.88 Å². The quantitative estimate of drug-likeness (QED) is 0.740. The van der Waals surface area contributed by atoms with Gasteiger partial charge in [-0.2, -0.15) is 4.98 Å². The minimum Gasteiger partial charge on any atom is -0.467 e. The Morgan fingerprint density at radius 1 is 1.08 bits per heavy atom. The Morgan fingerprint density at radius 2 is 1.81 bits per heavy atom. The van der Waals surface area contributed by atoms with E-state index in [1.165, 1.54) is 12.1 Å². The van der Waals surface area contributed by atoms with Crippen LogP contribution >= 0.6 is 0 Å². The summed E-state index contributed by atoms with van der Waals surface area (Å²) in [4.78, 5) is 20.7. The molecule has 5 nitrogen and oxygen atoms in total.